The van der Waals surface area contributed by atoms with E-state index in [4.69, 9.17) is 19.9 Å². The first-order chi connectivity index (χ1) is 18.3. The third-order valence-corrected chi connectivity index (χ3v) is 8.64. The number of allylic oxidation sites excluding steroid dienone is 1. The normalized spacial score (nSPS) is 16.6. The van der Waals surface area contributed by atoms with Crippen molar-refractivity contribution in [2.75, 3.05) is 27.1 Å². The summed E-state index contributed by atoms with van der Waals surface area (Å²) in [7, 11) is 0.674. The van der Waals surface area contributed by atoms with Gasteiger partial charge in [-0.1, -0.05) is 66.2 Å². The second-order valence-corrected chi connectivity index (χ2v) is 10.9. The summed E-state index contributed by atoms with van der Waals surface area (Å²) in [5, 5.41) is 4.30. The molecule has 1 aromatic heterocycles. The van der Waals surface area contributed by atoms with Crippen LogP contribution in [0.5, 0.6) is 17.2 Å². The van der Waals surface area contributed by atoms with Crippen LogP contribution in [0.15, 0.2) is 77.7 Å². The smallest absolute Gasteiger partial charge is 0.283 e. The first-order valence-electron chi connectivity index (χ1n) is 12.0. The molecule has 1 aliphatic rings. The second-order valence-electron chi connectivity index (χ2n) is 9.14. The largest absolute Gasteiger partial charge is 0.493 e. The Hall–Kier alpha value is -4.24. The molecule has 0 aliphatic heterocycles. The summed E-state index contributed by atoms with van der Waals surface area (Å²) in [5.41, 5.74) is 9.16. The fourth-order valence-electron chi connectivity index (χ4n) is 5.09. The van der Waals surface area contributed by atoms with E-state index in [2.05, 4.69) is 5.10 Å². The molecule has 9 heteroatoms. The summed E-state index contributed by atoms with van der Waals surface area (Å²) < 4.78 is 45.7. The zero-order valence-electron chi connectivity index (χ0n) is 21.6. The van der Waals surface area contributed by atoms with Gasteiger partial charge >= 0.3 is 0 Å². The molecule has 2 N–H and O–H groups in total. The number of fused-ring (bicyclic) bond motifs is 1. The number of hydrogen-bond donors (Lipinski definition) is 1. The Morgan fingerprint density at radius 2 is 1.58 bits per heavy atom. The van der Waals surface area contributed by atoms with Crippen LogP contribution in [-0.2, 0) is 21.9 Å². The highest BCUT2D eigenvalue weighted by molar-refractivity contribution is 7.89. The molecular formula is C29H29N3O5S. The SMILES string of the molecule is COc1ccc(C2(c3ccccc3)C=Cc3c(N)nn(S(=O)(=O)c4ccc(C)cc4)c3C2)c(OC)c1OC. The van der Waals surface area contributed by atoms with Gasteiger partial charge in [0.05, 0.1) is 31.9 Å². The first kappa shape index (κ1) is 25.4. The van der Waals surface area contributed by atoms with Gasteiger partial charge in [-0.25, -0.2) is 0 Å². The van der Waals surface area contributed by atoms with E-state index >= 15 is 0 Å². The Morgan fingerprint density at radius 3 is 2.21 bits per heavy atom. The van der Waals surface area contributed by atoms with E-state index < -0.39 is 15.4 Å². The third kappa shape index (κ3) is 3.90. The van der Waals surface area contributed by atoms with Gasteiger partial charge < -0.3 is 19.9 Å². The van der Waals surface area contributed by atoms with Gasteiger partial charge in [-0.2, -0.15) is 12.5 Å². The maximum Gasteiger partial charge on any atom is 0.283 e. The lowest BCUT2D eigenvalue weighted by atomic mass is 9.68. The van der Waals surface area contributed by atoms with Crippen molar-refractivity contribution in [2.24, 2.45) is 0 Å². The number of benzene rings is 3. The van der Waals surface area contributed by atoms with Crippen molar-refractivity contribution in [3.63, 3.8) is 0 Å². The molecule has 3 aromatic carbocycles. The molecule has 1 heterocycles. The Kier molecular flexibility index (Phi) is 6.40. The van der Waals surface area contributed by atoms with Crippen LogP contribution in [0.25, 0.3) is 6.08 Å². The predicted octanol–water partition coefficient (Wildman–Crippen LogP) is 4.59. The van der Waals surface area contributed by atoms with Crippen LogP contribution >= 0.6 is 0 Å². The molecule has 0 saturated carbocycles. The molecule has 5 rings (SSSR count). The van der Waals surface area contributed by atoms with Crippen molar-refractivity contribution in [2.45, 2.75) is 23.7 Å². The zero-order chi connectivity index (χ0) is 27.1. The molecular weight excluding hydrogens is 502 g/mol. The van der Waals surface area contributed by atoms with Crippen molar-refractivity contribution in [1.29, 1.82) is 0 Å². The van der Waals surface area contributed by atoms with Gasteiger partial charge in [0.25, 0.3) is 10.0 Å². The van der Waals surface area contributed by atoms with Gasteiger partial charge in [0.1, 0.15) is 0 Å². The number of nitrogens with zero attached hydrogens (tertiary/aromatic N) is 2. The van der Waals surface area contributed by atoms with Crippen molar-refractivity contribution in [3.05, 3.63) is 101 Å². The van der Waals surface area contributed by atoms with E-state index in [1.807, 2.05) is 61.5 Å². The lowest BCUT2D eigenvalue weighted by Crippen LogP contribution is -2.33. The Labute approximate surface area is 222 Å². The van der Waals surface area contributed by atoms with E-state index in [-0.39, 0.29) is 17.1 Å². The van der Waals surface area contributed by atoms with Crippen LogP contribution < -0.4 is 19.9 Å². The summed E-state index contributed by atoms with van der Waals surface area (Å²) >= 11 is 0. The highest BCUT2D eigenvalue weighted by atomic mass is 32.2. The molecule has 0 bridgehead atoms. The van der Waals surface area contributed by atoms with E-state index in [9.17, 15) is 8.42 Å². The highest BCUT2D eigenvalue weighted by Crippen LogP contribution is 2.51. The molecule has 0 radical (unpaired) electrons. The first-order valence-corrected chi connectivity index (χ1v) is 13.4. The molecule has 0 saturated heterocycles. The van der Waals surface area contributed by atoms with Crippen LogP contribution in [0.3, 0.4) is 0 Å². The highest BCUT2D eigenvalue weighted by Gasteiger charge is 2.42. The molecule has 1 aliphatic carbocycles. The summed E-state index contributed by atoms with van der Waals surface area (Å²) in [6.45, 7) is 1.90. The number of nitrogen functional groups attached to an aromatic ring is 1. The number of hydrogen-bond acceptors (Lipinski definition) is 7. The van der Waals surface area contributed by atoms with Gasteiger partial charge in [-0.15, -0.1) is 5.10 Å². The summed E-state index contributed by atoms with van der Waals surface area (Å²) in [6, 6.07) is 20.2. The molecule has 1 atom stereocenters. The van der Waals surface area contributed by atoms with E-state index in [1.54, 1.807) is 45.6 Å². The van der Waals surface area contributed by atoms with Crippen LogP contribution in [0.4, 0.5) is 5.82 Å². The van der Waals surface area contributed by atoms with Crippen molar-refractivity contribution in [1.82, 2.24) is 9.19 Å². The monoisotopic (exact) mass is 531 g/mol. The third-order valence-electron chi connectivity index (χ3n) is 7.02. The predicted molar refractivity (Wildman–Crippen MR) is 146 cm³/mol. The molecule has 4 aromatic rings. The minimum absolute atomic E-state index is 0.136. The minimum Gasteiger partial charge on any atom is -0.493 e. The van der Waals surface area contributed by atoms with Crippen LogP contribution in [0, 0.1) is 6.92 Å². The Morgan fingerprint density at radius 1 is 0.895 bits per heavy atom. The van der Waals surface area contributed by atoms with Gasteiger partial charge in [-0.05, 0) is 30.7 Å². The second kappa shape index (κ2) is 9.57. The molecule has 8 nitrogen and oxygen atoms in total. The van der Waals surface area contributed by atoms with Crippen LogP contribution in [-0.4, -0.2) is 38.9 Å². The fraction of sp³-hybridized carbons (Fsp3) is 0.207. The van der Waals surface area contributed by atoms with E-state index in [1.165, 1.54) is 0 Å². The Bertz CT molecular complexity index is 1630. The average Bonchev–Trinajstić information content (AvgIpc) is 3.28. The van der Waals surface area contributed by atoms with E-state index in [0.29, 0.717) is 28.5 Å². The number of nitrogens with two attached hydrogens (primary N) is 1. The number of aromatic nitrogens is 2. The van der Waals surface area contributed by atoms with Crippen LogP contribution in [0.2, 0.25) is 0 Å². The quantitative estimate of drug-likeness (QED) is 0.372. The van der Waals surface area contributed by atoms with E-state index in [0.717, 1.165) is 20.8 Å². The van der Waals surface area contributed by atoms with Crippen molar-refractivity contribution >= 4 is 21.9 Å². The fourth-order valence-corrected chi connectivity index (χ4v) is 6.42. The lowest BCUT2D eigenvalue weighted by Gasteiger charge is -2.36. The maximum absolute atomic E-state index is 13.8. The lowest BCUT2D eigenvalue weighted by molar-refractivity contribution is 0.319. The van der Waals surface area contributed by atoms with Gasteiger partial charge in [0.2, 0.25) is 5.75 Å². The van der Waals surface area contributed by atoms with Crippen molar-refractivity contribution < 1.29 is 22.6 Å². The molecule has 0 fully saturated rings. The minimum atomic E-state index is -4.01. The summed E-state index contributed by atoms with van der Waals surface area (Å²) in [4.78, 5) is 0.136. The topological polar surface area (TPSA) is 106 Å². The van der Waals surface area contributed by atoms with Crippen molar-refractivity contribution in [3.8, 4) is 17.2 Å². The number of rotatable bonds is 7. The number of aryl methyl sites for hydroxylation is 1. The number of methoxy groups -OCH3 is 3. The Balaban J connectivity index is 1.77. The van der Waals surface area contributed by atoms with Gasteiger partial charge in [0.15, 0.2) is 17.3 Å². The summed E-state index contributed by atoms with van der Waals surface area (Å²) in [5.74, 6) is 1.60. The number of anilines is 1. The molecule has 38 heavy (non-hydrogen) atoms. The number of ether oxygens (including phenoxy) is 3. The van der Waals surface area contributed by atoms with Gasteiger partial charge in [0, 0.05) is 23.0 Å². The zero-order valence-corrected chi connectivity index (χ0v) is 22.5. The maximum atomic E-state index is 13.8. The summed E-state index contributed by atoms with van der Waals surface area (Å²) in [6.07, 6.45) is 4.12. The standard InChI is InChI=1S/C29H29N3O5S/c1-19-10-12-21(13-11-19)38(33,34)32-24-18-29(20-8-6-5-7-9-20,17-16-22(24)28(30)31-32)23-14-15-25(35-2)27(37-4)26(23)36-3/h5-17H,18H2,1-4H3,(H2,30,31). The molecule has 1 unspecified atom stereocenters. The molecule has 0 amide bonds. The van der Waals surface area contributed by atoms with Gasteiger partial charge in [-0.3, -0.25) is 0 Å². The van der Waals surface area contributed by atoms with Crippen LogP contribution in [0.1, 0.15) is 27.9 Å². The molecule has 196 valence electrons. The average molecular weight is 532 g/mol. The molecule has 0 spiro atoms.